The van der Waals surface area contributed by atoms with Crippen LogP contribution in [-0.4, -0.2) is 47.7 Å². The Labute approximate surface area is 165 Å². The lowest BCUT2D eigenvalue weighted by Crippen LogP contribution is -2.49. The first-order valence-corrected chi connectivity index (χ1v) is 9.65. The first-order valence-electron chi connectivity index (χ1n) is 8.29. The van der Waals surface area contributed by atoms with E-state index >= 15 is 0 Å². The van der Waals surface area contributed by atoms with Gasteiger partial charge in [-0.15, -0.1) is 11.8 Å². The van der Waals surface area contributed by atoms with E-state index in [1.807, 2.05) is 4.90 Å². The average molecular weight is 410 g/mol. The van der Waals surface area contributed by atoms with Gasteiger partial charge in [0.2, 0.25) is 5.91 Å². The van der Waals surface area contributed by atoms with Gasteiger partial charge < -0.3 is 9.80 Å². The second kappa shape index (κ2) is 8.58. The van der Waals surface area contributed by atoms with Crippen molar-refractivity contribution < 1.29 is 14.1 Å². The van der Waals surface area contributed by atoms with Gasteiger partial charge in [-0.2, -0.15) is 0 Å². The number of nitro groups is 1. The summed E-state index contributed by atoms with van der Waals surface area (Å²) in [5, 5.41) is 11.6. The Morgan fingerprint density at radius 2 is 1.81 bits per heavy atom. The van der Waals surface area contributed by atoms with Crippen LogP contribution in [-0.2, 0) is 4.79 Å². The maximum atomic E-state index is 12.9. The molecule has 0 aromatic heterocycles. The van der Waals surface area contributed by atoms with E-state index in [0.29, 0.717) is 36.9 Å². The fraction of sp³-hybridized carbons (Fsp3) is 0.278. The van der Waals surface area contributed by atoms with Crippen molar-refractivity contribution in [3.05, 3.63) is 63.4 Å². The van der Waals surface area contributed by atoms with Crippen LogP contribution in [0.5, 0.6) is 0 Å². The van der Waals surface area contributed by atoms with Crippen LogP contribution in [0.2, 0.25) is 5.02 Å². The molecule has 1 aliphatic rings. The highest BCUT2D eigenvalue weighted by Gasteiger charge is 2.26. The van der Waals surface area contributed by atoms with E-state index in [0.717, 1.165) is 4.90 Å². The molecule has 3 rings (SSSR count). The molecule has 142 valence electrons. The van der Waals surface area contributed by atoms with Gasteiger partial charge in [0.15, 0.2) is 0 Å². The zero-order valence-corrected chi connectivity index (χ0v) is 15.9. The molecule has 0 radical (unpaired) electrons. The number of thioether (sulfide) groups is 1. The van der Waals surface area contributed by atoms with Crippen LogP contribution < -0.4 is 4.90 Å². The van der Waals surface area contributed by atoms with Crippen LogP contribution in [0.3, 0.4) is 0 Å². The number of carbonyl (C=O) groups is 1. The highest BCUT2D eigenvalue weighted by molar-refractivity contribution is 8.00. The van der Waals surface area contributed by atoms with Crippen molar-refractivity contribution in [2.24, 2.45) is 0 Å². The Hall–Kier alpha value is -2.32. The monoisotopic (exact) mass is 409 g/mol. The summed E-state index contributed by atoms with van der Waals surface area (Å²) in [7, 11) is 0. The van der Waals surface area contributed by atoms with Crippen LogP contribution in [0, 0.1) is 15.9 Å². The number of hydrogen-bond acceptors (Lipinski definition) is 5. The van der Waals surface area contributed by atoms with E-state index < -0.39 is 4.92 Å². The molecule has 2 aromatic rings. The molecular formula is C18H17ClFN3O3S. The molecular weight excluding hydrogens is 393 g/mol. The molecule has 1 heterocycles. The number of anilines is 1. The summed E-state index contributed by atoms with van der Waals surface area (Å²) < 4.78 is 12.9. The SMILES string of the molecule is O=C(CSc1ccc(F)cc1)N1CCN(c2ccc(Cl)cc2[N+](=O)[O-])CC1. The normalized spacial score (nSPS) is 14.3. The minimum absolute atomic E-state index is 0.00502. The molecule has 1 amide bonds. The smallest absolute Gasteiger partial charge is 0.294 e. The largest absolute Gasteiger partial charge is 0.362 e. The first-order chi connectivity index (χ1) is 12.9. The van der Waals surface area contributed by atoms with E-state index in [1.165, 1.54) is 30.0 Å². The van der Waals surface area contributed by atoms with Crippen molar-refractivity contribution in [3.8, 4) is 0 Å². The summed E-state index contributed by atoms with van der Waals surface area (Å²) in [4.78, 5) is 27.7. The minimum atomic E-state index is -0.446. The molecule has 0 N–H and O–H groups in total. The van der Waals surface area contributed by atoms with Gasteiger partial charge in [-0.1, -0.05) is 11.6 Å². The van der Waals surface area contributed by atoms with E-state index in [1.54, 1.807) is 29.2 Å². The topological polar surface area (TPSA) is 66.7 Å². The average Bonchev–Trinajstić information content (AvgIpc) is 2.67. The first kappa shape index (κ1) is 19.4. The number of carbonyl (C=O) groups excluding carboxylic acids is 1. The van der Waals surface area contributed by atoms with Crippen LogP contribution in [0.15, 0.2) is 47.4 Å². The maximum absolute atomic E-state index is 12.9. The molecule has 27 heavy (non-hydrogen) atoms. The third kappa shape index (κ3) is 4.90. The van der Waals surface area contributed by atoms with E-state index in [4.69, 9.17) is 11.6 Å². The molecule has 0 aliphatic carbocycles. The molecule has 2 aromatic carbocycles. The number of piperazine rings is 1. The highest BCUT2D eigenvalue weighted by Crippen LogP contribution is 2.31. The predicted molar refractivity (Wildman–Crippen MR) is 104 cm³/mol. The summed E-state index contributed by atoms with van der Waals surface area (Å²) in [5.74, 6) is -0.0418. The van der Waals surface area contributed by atoms with E-state index in [2.05, 4.69) is 0 Å². The Morgan fingerprint density at radius 1 is 1.15 bits per heavy atom. The molecule has 0 atom stereocenters. The molecule has 0 bridgehead atoms. The lowest BCUT2D eigenvalue weighted by atomic mass is 10.2. The molecule has 6 nitrogen and oxygen atoms in total. The summed E-state index contributed by atoms with van der Waals surface area (Å²) >= 11 is 7.22. The second-order valence-corrected chi connectivity index (χ2v) is 7.49. The van der Waals surface area contributed by atoms with Gasteiger partial charge in [-0.3, -0.25) is 14.9 Å². The number of nitrogens with zero attached hydrogens (tertiary/aromatic N) is 3. The van der Waals surface area contributed by atoms with Gasteiger partial charge in [0.25, 0.3) is 5.69 Å². The van der Waals surface area contributed by atoms with Crippen LogP contribution in [0.4, 0.5) is 15.8 Å². The van der Waals surface area contributed by atoms with Gasteiger partial charge in [-0.05, 0) is 36.4 Å². The number of halogens is 2. The Morgan fingerprint density at radius 3 is 2.44 bits per heavy atom. The summed E-state index contributed by atoms with van der Waals surface area (Å²) in [6.45, 7) is 2.00. The Balaban J connectivity index is 1.56. The zero-order valence-electron chi connectivity index (χ0n) is 14.3. The fourth-order valence-corrected chi connectivity index (χ4v) is 3.84. The summed E-state index contributed by atoms with van der Waals surface area (Å²) in [5.41, 5.74) is 0.478. The van der Waals surface area contributed by atoms with Crippen LogP contribution in [0.25, 0.3) is 0 Å². The van der Waals surface area contributed by atoms with Crippen molar-refractivity contribution in [2.45, 2.75) is 4.90 Å². The third-order valence-corrected chi connectivity index (χ3v) is 5.52. The van der Waals surface area contributed by atoms with Crippen molar-refractivity contribution in [1.82, 2.24) is 4.90 Å². The standard InChI is InChI=1S/C18H17ClFN3O3S/c19-13-1-6-16(17(11-13)23(25)26)21-7-9-22(10-8-21)18(24)12-27-15-4-2-14(20)3-5-15/h1-6,11H,7-10,12H2. The molecule has 0 unspecified atom stereocenters. The minimum Gasteiger partial charge on any atom is -0.362 e. The van der Waals surface area contributed by atoms with Crippen molar-refractivity contribution in [1.29, 1.82) is 0 Å². The predicted octanol–water partition coefficient (Wildman–Crippen LogP) is 3.83. The van der Waals surface area contributed by atoms with E-state index in [-0.39, 0.29) is 23.2 Å². The van der Waals surface area contributed by atoms with Crippen molar-refractivity contribution in [3.63, 3.8) is 0 Å². The molecule has 1 fully saturated rings. The molecule has 0 spiro atoms. The van der Waals surface area contributed by atoms with E-state index in [9.17, 15) is 19.3 Å². The van der Waals surface area contributed by atoms with Gasteiger partial charge in [0, 0.05) is 42.2 Å². The quantitative estimate of drug-likeness (QED) is 0.426. The van der Waals surface area contributed by atoms with Crippen molar-refractivity contribution >= 4 is 40.6 Å². The van der Waals surface area contributed by atoms with Gasteiger partial charge in [-0.25, -0.2) is 4.39 Å². The van der Waals surface area contributed by atoms with Gasteiger partial charge in [0.05, 0.1) is 10.7 Å². The third-order valence-electron chi connectivity index (χ3n) is 4.28. The molecule has 1 saturated heterocycles. The highest BCUT2D eigenvalue weighted by atomic mass is 35.5. The number of rotatable bonds is 5. The zero-order chi connectivity index (χ0) is 19.4. The summed E-state index contributed by atoms with van der Waals surface area (Å²) in [6.07, 6.45) is 0. The fourth-order valence-electron chi connectivity index (χ4n) is 2.87. The van der Waals surface area contributed by atoms with Gasteiger partial charge in [0.1, 0.15) is 11.5 Å². The second-order valence-electron chi connectivity index (χ2n) is 6.00. The number of benzene rings is 2. The lowest BCUT2D eigenvalue weighted by molar-refractivity contribution is -0.384. The molecule has 1 aliphatic heterocycles. The number of amides is 1. The van der Waals surface area contributed by atoms with Crippen molar-refractivity contribution in [2.75, 3.05) is 36.8 Å². The van der Waals surface area contributed by atoms with Gasteiger partial charge >= 0.3 is 0 Å². The lowest BCUT2D eigenvalue weighted by Gasteiger charge is -2.35. The van der Waals surface area contributed by atoms with Crippen LogP contribution >= 0.6 is 23.4 Å². The molecule has 0 saturated carbocycles. The summed E-state index contributed by atoms with van der Waals surface area (Å²) in [6, 6.07) is 10.6. The Kier molecular flexibility index (Phi) is 6.18. The van der Waals surface area contributed by atoms with Crippen LogP contribution in [0.1, 0.15) is 0 Å². The maximum Gasteiger partial charge on any atom is 0.294 e. The Bertz CT molecular complexity index is 842. The number of nitro benzene ring substituents is 1. The number of hydrogen-bond donors (Lipinski definition) is 0. The molecule has 9 heteroatoms.